The highest BCUT2D eigenvalue weighted by Gasteiger charge is 2.13. The molecule has 0 fully saturated rings. The van der Waals surface area contributed by atoms with Crippen molar-refractivity contribution >= 4 is 11.8 Å². The number of aliphatic hydroxyl groups is 1. The quantitative estimate of drug-likeness (QED) is 0.865. The van der Waals surface area contributed by atoms with E-state index in [4.69, 9.17) is 5.11 Å². The molecule has 100 valence electrons. The number of rotatable bonds is 3. The van der Waals surface area contributed by atoms with Gasteiger partial charge in [-0.15, -0.1) is 0 Å². The summed E-state index contributed by atoms with van der Waals surface area (Å²) in [5.74, 6) is -3.84. The lowest BCUT2D eigenvalue weighted by molar-refractivity contribution is 0.280. The Morgan fingerprint density at radius 2 is 1.47 bits per heavy atom. The molecule has 2 rings (SSSR count). The van der Waals surface area contributed by atoms with Crippen LogP contribution in [0.5, 0.6) is 0 Å². The summed E-state index contributed by atoms with van der Waals surface area (Å²) < 4.78 is 53.0. The first-order chi connectivity index (χ1) is 9.01. The van der Waals surface area contributed by atoms with Crippen molar-refractivity contribution in [2.24, 2.45) is 0 Å². The van der Waals surface area contributed by atoms with Crippen LogP contribution in [0.25, 0.3) is 0 Å². The Kier molecular flexibility index (Phi) is 4.11. The van der Waals surface area contributed by atoms with Gasteiger partial charge in [-0.05, 0) is 35.9 Å². The van der Waals surface area contributed by atoms with Crippen LogP contribution in [-0.4, -0.2) is 5.11 Å². The zero-order valence-electron chi connectivity index (χ0n) is 9.46. The van der Waals surface area contributed by atoms with Crippen LogP contribution in [0.2, 0.25) is 0 Å². The van der Waals surface area contributed by atoms with Crippen molar-refractivity contribution < 1.29 is 22.7 Å². The second-order valence-corrected chi connectivity index (χ2v) is 4.81. The maximum absolute atomic E-state index is 13.6. The van der Waals surface area contributed by atoms with Crippen LogP contribution in [0, 0.1) is 23.3 Å². The molecule has 19 heavy (non-hydrogen) atoms. The number of halogens is 4. The molecule has 1 N–H and O–H groups in total. The van der Waals surface area contributed by atoms with E-state index in [-0.39, 0.29) is 15.4 Å². The highest BCUT2D eigenvalue weighted by Crippen LogP contribution is 2.33. The minimum atomic E-state index is -1.09. The molecular weight excluding hydrogens is 280 g/mol. The summed E-state index contributed by atoms with van der Waals surface area (Å²) in [6.07, 6.45) is 0. The zero-order chi connectivity index (χ0) is 14.0. The summed E-state index contributed by atoms with van der Waals surface area (Å²) >= 11 is 0.645. The predicted octanol–water partition coefficient (Wildman–Crippen LogP) is 3.89. The summed E-state index contributed by atoms with van der Waals surface area (Å²) in [6, 6.07) is 4.95. The van der Waals surface area contributed by atoms with Gasteiger partial charge in [0.05, 0.1) is 11.5 Å². The van der Waals surface area contributed by atoms with Crippen LogP contribution in [-0.2, 0) is 6.61 Å². The van der Waals surface area contributed by atoms with Gasteiger partial charge in [0.25, 0.3) is 0 Å². The Hall–Kier alpha value is -1.53. The lowest BCUT2D eigenvalue weighted by Crippen LogP contribution is -1.93. The molecule has 6 heteroatoms. The van der Waals surface area contributed by atoms with Gasteiger partial charge in [0.1, 0.15) is 11.6 Å². The molecule has 0 amide bonds. The van der Waals surface area contributed by atoms with Crippen molar-refractivity contribution in [3.05, 3.63) is 59.2 Å². The van der Waals surface area contributed by atoms with E-state index in [1.54, 1.807) is 0 Å². The second-order valence-electron chi connectivity index (χ2n) is 3.72. The van der Waals surface area contributed by atoms with Gasteiger partial charge in [-0.25, -0.2) is 17.6 Å². The van der Waals surface area contributed by atoms with Gasteiger partial charge < -0.3 is 5.11 Å². The maximum Gasteiger partial charge on any atom is 0.159 e. The Labute approximate surface area is 110 Å². The van der Waals surface area contributed by atoms with E-state index in [2.05, 4.69) is 0 Å². The largest absolute Gasteiger partial charge is 0.392 e. The van der Waals surface area contributed by atoms with E-state index in [0.29, 0.717) is 11.8 Å². The van der Waals surface area contributed by atoms with Crippen molar-refractivity contribution in [3.63, 3.8) is 0 Å². The van der Waals surface area contributed by atoms with Crippen LogP contribution in [0.1, 0.15) is 5.56 Å². The molecular formula is C13H8F4OS. The molecule has 0 aliphatic heterocycles. The maximum atomic E-state index is 13.6. The third-order valence-electron chi connectivity index (χ3n) is 2.35. The summed E-state index contributed by atoms with van der Waals surface area (Å²) in [6.45, 7) is -0.482. The Balaban J connectivity index is 2.35. The Morgan fingerprint density at radius 3 is 2.00 bits per heavy atom. The van der Waals surface area contributed by atoms with Gasteiger partial charge in [0.2, 0.25) is 0 Å². The minimum absolute atomic E-state index is 0.102. The first kappa shape index (κ1) is 13.9. The fourth-order valence-electron chi connectivity index (χ4n) is 1.46. The molecule has 2 aromatic rings. The molecule has 0 heterocycles. The Morgan fingerprint density at radius 1 is 0.842 bits per heavy atom. The van der Waals surface area contributed by atoms with Crippen molar-refractivity contribution in [1.29, 1.82) is 0 Å². The van der Waals surface area contributed by atoms with Crippen molar-refractivity contribution in [2.75, 3.05) is 0 Å². The molecule has 0 bridgehead atoms. The van der Waals surface area contributed by atoms with Crippen LogP contribution in [0.3, 0.4) is 0 Å². The fraction of sp³-hybridized carbons (Fsp3) is 0.0769. The van der Waals surface area contributed by atoms with Gasteiger partial charge in [0, 0.05) is 4.90 Å². The molecule has 0 aromatic heterocycles. The molecule has 0 aliphatic rings. The smallest absolute Gasteiger partial charge is 0.159 e. The average molecular weight is 288 g/mol. The topological polar surface area (TPSA) is 20.2 Å². The number of aliphatic hydroxyl groups excluding tert-OH is 1. The van der Waals surface area contributed by atoms with Gasteiger partial charge in [-0.2, -0.15) is 0 Å². The molecule has 0 saturated heterocycles. The standard InChI is InChI=1S/C13H8F4OS/c14-9-2-1-8(5-10(9)15)19-13-11(16)3-7(6-18)4-12(13)17/h1-5,18H,6H2. The van der Waals surface area contributed by atoms with E-state index in [9.17, 15) is 17.6 Å². The van der Waals surface area contributed by atoms with Crippen molar-refractivity contribution in [2.45, 2.75) is 16.4 Å². The minimum Gasteiger partial charge on any atom is -0.392 e. The highest BCUT2D eigenvalue weighted by atomic mass is 32.2. The second kappa shape index (κ2) is 5.63. The summed E-state index contributed by atoms with van der Waals surface area (Å²) in [7, 11) is 0. The Bertz CT molecular complexity index is 593. The SMILES string of the molecule is OCc1cc(F)c(Sc2ccc(F)c(F)c2)c(F)c1. The predicted molar refractivity (Wildman–Crippen MR) is 62.8 cm³/mol. The molecule has 0 aliphatic carbocycles. The molecule has 0 spiro atoms. The molecule has 2 aromatic carbocycles. The average Bonchev–Trinajstić information content (AvgIpc) is 2.37. The molecule has 0 saturated carbocycles. The lowest BCUT2D eigenvalue weighted by atomic mass is 10.2. The van der Waals surface area contributed by atoms with E-state index in [1.807, 2.05) is 0 Å². The van der Waals surface area contributed by atoms with E-state index in [0.717, 1.165) is 24.3 Å². The number of hydrogen-bond donors (Lipinski definition) is 1. The van der Waals surface area contributed by atoms with Gasteiger partial charge in [-0.1, -0.05) is 11.8 Å². The van der Waals surface area contributed by atoms with Crippen molar-refractivity contribution in [1.82, 2.24) is 0 Å². The number of benzene rings is 2. The first-order valence-electron chi connectivity index (χ1n) is 5.23. The molecule has 0 atom stereocenters. The summed E-state index contributed by atoms with van der Waals surface area (Å²) in [5, 5.41) is 8.80. The third kappa shape index (κ3) is 3.08. The summed E-state index contributed by atoms with van der Waals surface area (Å²) in [4.78, 5) is -0.156. The highest BCUT2D eigenvalue weighted by molar-refractivity contribution is 7.99. The van der Waals surface area contributed by atoms with E-state index in [1.165, 1.54) is 6.07 Å². The van der Waals surface area contributed by atoms with Gasteiger partial charge in [0.15, 0.2) is 11.6 Å². The normalized spacial score (nSPS) is 10.8. The number of hydrogen-bond acceptors (Lipinski definition) is 2. The van der Waals surface area contributed by atoms with Gasteiger partial charge in [-0.3, -0.25) is 0 Å². The lowest BCUT2D eigenvalue weighted by Gasteiger charge is -2.07. The van der Waals surface area contributed by atoms with Crippen LogP contribution < -0.4 is 0 Å². The van der Waals surface area contributed by atoms with Crippen molar-refractivity contribution in [3.8, 4) is 0 Å². The van der Waals surface area contributed by atoms with Crippen LogP contribution in [0.15, 0.2) is 40.1 Å². The molecule has 0 radical (unpaired) electrons. The molecule has 0 unspecified atom stereocenters. The monoisotopic (exact) mass is 288 g/mol. The fourth-order valence-corrected chi connectivity index (χ4v) is 2.31. The zero-order valence-corrected chi connectivity index (χ0v) is 10.3. The van der Waals surface area contributed by atoms with Gasteiger partial charge >= 0.3 is 0 Å². The van der Waals surface area contributed by atoms with Crippen LogP contribution >= 0.6 is 11.8 Å². The van der Waals surface area contributed by atoms with Crippen LogP contribution in [0.4, 0.5) is 17.6 Å². The van der Waals surface area contributed by atoms with E-state index < -0.39 is 29.9 Å². The third-order valence-corrected chi connectivity index (χ3v) is 3.44. The summed E-state index contributed by atoms with van der Waals surface area (Å²) in [5.41, 5.74) is 0.102. The first-order valence-corrected chi connectivity index (χ1v) is 6.04. The van der Waals surface area contributed by atoms with E-state index >= 15 is 0 Å². The molecule has 1 nitrogen and oxygen atoms in total.